The summed E-state index contributed by atoms with van der Waals surface area (Å²) in [6.45, 7) is 4.56. The largest absolute Gasteiger partial charge is 0.339 e. The van der Waals surface area contributed by atoms with Gasteiger partial charge in [-0.3, -0.25) is 4.79 Å². The second-order valence-electron chi connectivity index (χ2n) is 4.52. The maximum atomic E-state index is 12.4. The van der Waals surface area contributed by atoms with E-state index in [0.717, 1.165) is 36.1 Å². The van der Waals surface area contributed by atoms with E-state index in [1.54, 1.807) is 0 Å². The van der Waals surface area contributed by atoms with Gasteiger partial charge in [0.15, 0.2) is 0 Å². The van der Waals surface area contributed by atoms with Crippen molar-refractivity contribution in [2.24, 2.45) is 0 Å². The lowest BCUT2D eigenvalue weighted by molar-refractivity contribution is 0.0758. The van der Waals surface area contributed by atoms with Crippen LogP contribution < -0.4 is 0 Å². The number of benzene rings is 1. The first-order valence-electron chi connectivity index (χ1n) is 6.24. The summed E-state index contributed by atoms with van der Waals surface area (Å²) in [4.78, 5) is 16.4. The van der Waals surface area contributed by atoms with Crippen molar-refractivity contribution < 1.29 is 4.79 Å². The molecule has 0 saturated heterocycles. The van der Waals surface area contributed by atoms with E-state index in [9.17, 15) is 4.79 Å². The van der Waals surface area contributed by atoms with Crippen LogP contribution >= 0.6 is 15.9 Å². The molecule has 100 valence electrons. The lowest BCUT2D eigenvalue weighted by atomic mass is 10.2. The second kappa shape index (κ2) is 7.54. The standard InChI is InChI=1S/C14H21BrN2O/c1-4-17(11-7-10-16(2)3)14(18)12-8-5-6-9-13(12)15/h5-6,8-9H,4,7,10-11H2,1-3H3. The molecule has 0 spiro atoms. The highest BCUT2D eigenvalue weighted by atomic mass is 79.9. The summed E-state index contributed by atoms with van der Waals surface area (Å²) in [7, 11) is 4.10. The lowest BCUT2D eigenvalue weighted by Crippen LogP contribution is -2.33. The summed E-state index contributed by atoms with van der Waals surface area (Å²) in [6.07, 6.45) is 0.997. The van der Waals surface area contributed by atoms with Crippen LogP contribution in [0, 0.1) is 0 Å². The molecule has 0 N–H and O–H groups in total. The zero-order valence-electron chi connectivity index (χ0n) is 11.3. The van der Waals surface area contributed by atoms with Crippen molar-refractivity contribution >= 4 is 21.8 Å². The van der Waals surface area contributed by atoms with Crippen molar-refractivity contribution in [1.82, 2.24) is 9.80 Å². The molecule has 0 bridgehead atoms. The summed E-state index contributed by atoms with van der Waals surface area (Å²) in [5.74, 6) is 0.101. The Labute approximate surface area is 118 Å². The Kier molecular flexibility index (Phi) is 6.36. The van der Waals surface area contributed by atoms with E-state index in [2.05, 4.69) is 20.8 Å². The monoisotopic (exact) mass is 312 g/mol. The molecule has 0 heterocycles. The predicted octanol–water partition coefficient (Wildman–Crippen LogP) is 2.86. The molecular weight excluding hydrogens is 292 g/mol. The number of amides is 1. The van der Waals surface area contributed by atoms with Gasteiger partial charge in [-0.1, -0.05) is 12.1 Å². The van der Waals surface area contributed by atoms with Gasteiger partial charge in [0.2, 0.25) is 0 Å². The van der Waals surface area contributed by atoms with Gasteiger partial charge < -0.3 is 9.80 Å². The molecule has 1 rings (SSSR count). The van der Waals surface area contributed by atoms with E-state index < -0.39 is 0 Å². The SMILES string of the molecule is CCN(CCCN(C)C)C(=O)c1ccccc1Br. The molecule has 0 aliphatic rings. The molecule has 0 fully saturated rings. The molecular formula is C14H21BrN2O. The van der Waals surface area contributed by atoms with E-state index in [0.29, 0.717) is 0 Å². The van der Waals surface area contributed by atoms with E-state index in [1.807, 2.05) is 50.2 Å². The molecule has 0 radical (unpaired) electrons. The van der Waals surface area contributed by atoms with Crippen LogP contribution in [0.5, 0.6) is 0 Å². The first-order chi connectivity index (χ1) is 8.56. The maximum absolute atomic E-state index is 12.4. The highest BCUT2D eigenvalue weighted by Crippen LogP contribution is 2.17. The average Bonchev–Trinajstić information content (AvgIpc) is 2.34. The van der Waals surface area contributed by atoms with Gasteiger partial charge in [0.05, 0.1) is 5.56 Å². The highest BCUT2D eigenvalue weighted by Gasteiger charge is 2.15. The molecule has 0 atom stereocenters. The smallest absolute Gasteiger partial charge is 0.254 e. The van der Waals surface area contributed by atoms with Gasteiger partial charge in [-0.05, 0) is 62.0 Å². The topological polar surface area (TPSA) is 23.6 Å². The first-order valence-corrected chi connectivity index (χ1v) is 7.04. The molecule has 3 nitrogen and oxygen atoms in total. The number of nitrogens with zero attached hydrogens (tertiary/aromatic N) is 2. The Morgan fingerprint density at radius 1 is 1.22 bits per heavy atom. The Balaban J connectivity index is 2.65. The third-order valence-electron chi connectivity index (χ3n) is 2.81. The van der Waals surface area contributed by atoms with E-state index in [4.69, 9.17) is 0 Å². The quantitative estimate of drug-likeness (QED) is 0.806. The van der Waals surface area contributed by atoms with Gasteiger partial charge in [0.25, 0.3) is 5.91 Å². The molecule has 18 heavy (non-hydrogen) atoms. The van der Waals surface area contributed by atoms with Crippen LogP contribution in [0.1, 0.15) is 23.7 Å². The van der Waals surface area contributed by atoms with Gasteiger partial charge in [-0.25, -0.2) is 0 Å². The molecule has 1 aromatic rings. The third kappa shape index (κ3) is 4.42. The summed E-state index contributed by atoms with van der Waals surface area (Å²) >= 11 is 3.43. The number of hydrogen-bond donors (Lipinski definition) is 0. The van der Waals surface area contributed by atoms with Crippen LogP contribution in [-0.4, -0.2) is 49.4 Å². The van der Waals surface area contributed by atoms with Crippen molar-refractivity contribution in [2.45, 2.75) is 13.3 Å². The molecule has 0 saturated carbocycles. The van der Waals surface area contributed by atoms with Crippen LogP contribution in [0.4, 0.5) is 0 Å². The zero-order chi connectivity index (χ0) is 13.5. The van der Waals surface area contributed by atoms with Gasteiger partial charge in [0.1, 0.15) is 0 Å². The minimum atomic E-state index is 0.101. The minimum absolute atomic E-state index is 0.101. The Morgan fingerprint density at radius 2 is 1.89 bits per heavy atom. The summed E-state index contributed by atoms with van der Waals surface area (Å²) in [5, 5.41) is 0. The highest BCUT2D eigenvalue weighted by molar-refractivity contribution is 9.10. The molecule has 1 aromatic carbocycles. The van der Waals surface area contributed by atoms with Crippen molar-refractivity contribution in [1.29, 1.82) is 0 Å². The predicted molar refractivity (Wildman–Crippen MR) is 78.9 cm³/mol. The Morgan fingerprint density at radius 3 is 2.44 bits per heavy atom. The molecule has 4 heteroatoms. The van der Waals surface area contributed by atoms with Crippen molar-refractivity contribution in [2.75, 3.05) is 33.7 Å². The summed E-state index contributed by atoms with van der Waals surface area (Å²) in [6, 6.07) is 7.58. The van der Waals surface area contributed by atoms with Crippen LogP contribution in [0.15, 0.2) is 28.7 Å². The van der Waals surface area contributed by atoms with Gasteiger partial charge >= 0.3 is 0 Å². The van der Waals surface area contributed by atoms with E-state index >= 15 is 0 Å². The van der Waals surface area contributed by atoms with Crippen LogP contribution in [-0.2, 0) is 0 Å². The van der Waals surface area contributed by atoms with Gasteiger partial charge in [-0.2, -0.15) is 0 Å². The molecule has 0 aromatic heterocycles. The molecule has 0 unspecified atom stereocenters. The Hall–Kier alpha value is -0.870. The Bertz CT molecular complexity index is 393. The van der Waals surface area contributed by atoms with Crippen LogP contribution in [0.2, 0.25) is 0 Å². The fourth-order valence-electron chi connectivity index (χ4n) is 1.79. The minimum Gasteiger partial charge on any atom is -0.339 e. The average molecular weight is 313 g/mol. The first kappa shape index (κ1) is 15.2. The van der Waals surface area contributed by atoms with Crippen LogP contribution in [0.3, 0.4) is 0 Å². The molecule has 0 aliphatic carbocycles. The summed E-state index contributed by atoms with van der Waals surface area (Å²) < 4.78 is 0.862. The number of carbonyl (C=O) groups is 1. The second-order valence-corrected chi connectivity index (χ2v) is 5.38. The van der Waals surface area contributed by atoms with Crippen molar-refractivity contribution in [3.8, 4) is 0 Å². The number of rotatable bonds is 6. The zero-order valence-corrected chi connectivity index (χ0v) is 12.9. The van der Waals surface area contributed by atoms with E-state index in [1.165, 1.54) is 0 Å². The fraction of sp³-hybridized carbons (Fsp3) is 0.500. The number of halogens is 1. The van der Waals surface area contributed by atoms with Gasteiger partial charge in [-0.15, -0.1) is 0 Å². The van der Waals surface area contributed by atoms with Crippen molar-refractivity contribution in [3.63, 3.8) is 0 Å². The lowest BCUT2D eigenvalue weighted by Gasteiger charge is -2.22. The van der Waals surface area contributed by atoms with Crippen molar-refractivity contribution in [3.05, 3.63) is 34.3 Å². The molecule has 0 aliphatic heterocycles. The molecule has 1 amide bonds. The third-order valence-corrected chi connectivity index (χ3v) is 3.50. The maximum Gasteiger partial charge on any atom is 0.254 e. The normalized spacial score (nSPS) is 10.7. The van der Waals surface area contributed by atoms with Crippen LogP contribution in [0.25, 0.3) is 0 Å². The number of carbonyl (C=O) groups excluding carboxylic acids is 1. The summed E-state index contributed by atoms with van der Waals surface area (Å²) in [5.41, 5.74) is 0.740. The van der Waals surface area contributed by atoms with E-state index in [-0.39, 0.29) is 5.91 Å². The number of hydrogen-bond acceptors (Lipinski definition) is 2. The van der Waals surface area contributed by atoms with Gasteiger partial charge in [0, 0.05) is 17.6 Å². The fourth-order valence-corrected chi connectivity index (χ4v) is 2.24.